The first-order valence-electron chi connectivity index (χ1n) is 13.9. The Balaban J connectivity index is 1.46. The molecule has 4 N–H and O–H groups in total. The summed E-state index contributed by atoms with van der Waals surface area (Å²) >= 11 is 0. The lowest BCUT2D eigenvalue weighted by atomic mass is 9.68. The number of para-hydroxylation sites is 2. The van der Waals surface area contributed by atoms with Gasteiger partial charge in [0.15, 0.2) is 11.3 Å². The molecule has 7 rings (SSSR count). The summed E-state index contributed by atoms with van der Waals surface area (Å²) in [5.41, 5.74) is -4.76. The van der Waals surface area contributed by atoms with E-state index < -0.39 is 45.4 Å². The summed E-state index contributed by atoms with van der Waals surface area (Å²) in [5.74, 6) is -0.616. The average molecular weight is 541 g/mol. The molecule has 8 heteroatoms. The fourth-order valence-electron chi connectivity index (χ4n) is 8.79. The number of anilines is 2. The lowest BCUT2D eigenvalue weighted by molar-refractivity contribution is -0.178. The molecule has 0 radical (unpaired) electrons. The zero-order chi connectivity index (χ0) is 28.7. The number of nitrogens with zero attached hydrogens (tertiary/aromatic N) is 2. The van der Waals surface area contributed by atoms with Crippen molar-refractivity contribution >= 4 is 23.2 Å². The molecule has 5 aliphatic heterocycles. The van der Waals surface area contributed by atoms with Crippen LogP contribution in [0.4, 0.5) is 11.4 Å². The molecule has 6 atom stereocenters. The third-order valence-corrected chi connectivity index (χ3v) is 10.8. The molecule has 40 heavy (non-hydrogen) atoms. The van der Waals surface area contributed by atoms with Crippen LogP contribution in [0, 0.1) is 10.8 Å². The number of carbonyl (C=O) groups is 2. The molecule has 5 heterocycles. The van der Waals surface area contributed by atoms with Crippen molar-refractivity contribution in [3.05, 3.63) is 85.0 Å². The van der Waals surface area contributed by atoms with Crippen molar-refractivity contribution < 1.29 is 19.8 Å². The van der Waals surface area contributed by atoms with Gasteiger partial charge in [0.2, 0.25) is 11.8 Å². The Morgan fingerprint density at radius 3 is 1.45 bits per heavy atom. The van der Waals surface area contributed by atoms with Gasteiger partial charge >= 0.3 is 0 Å². The smallest absolute Gasteiger partial charge is 0.248 e. The summed E-state index contributed by atoms with van der Waals surface area (Å²) in [6.45, 7) is 15.8. The predicted molar refractivity (Wildman–Crippen MR) is 152 cm³/mol. The van der Waals surface area contributed by atoms with Gasteiger partial charge in [-0.2, -0.15) is 0 Å². The van der Waals surface area contributed by atoms with Gasteiger partial charge in [0.25, 0.3) is 0 Å². The first kappa shape index (κ1) is 25.4. The Morgan fingerprint density at radius 2 is 1.10 bits per heavy atom. The van der Waals surface area contributed by atoms with Crippen LogP contribution in [0.1, 0.15) is 51.7 Å². The number of aliphatic hydroxyl groups is 2. The minimum atomic E-state index is -1.56. The summed E-state index contributed by atoms with van der Waals surface area (Å²) in [4.78, 5) is 32.9. The van der Waals surface area contributed by atoms with Crippen molar-refractivity contribution in [3.63, 3.8) is 0 Å². The molecule has 5 aliphatic rings. The molecule has 3 fully saturated rings. The second-order valence-corrected chi connectivity index (χ2v) is 13.2. The van der Waals surface area contributed by atoms with Crippen LogP contribution >= 0.6 is 0 Å². The van der Waals surface area contributed by atoms with Crippen molar-refractivity contribution in [3.8, 4) is 0 Å². The normalized spacial score (nSPS) is 37.0. The molecule has 8 nitrogen and oxygen atoms in total. The average Bonchev–Trinajstić information content (AvgIpc) is 3.55. The fourth-order valence-corrected chi connectivity index (χ4v) is 8.79. The van der Waals surface area contributed by atoms with Crippen LogP contribution in [0.25, 0.3) is 0 Å². The summed E-state index contributed by atoms with van der Waals surface area (Å²) < 4.78 is 0. The standard InChI is InChI=1S/C32H36N4O4/c1-7-27(3,4)31-29(39,19-13-9-11-15-21(19)33-31)17-23-26(38)36-24(25(37)35(23)31)18-30(40)20-14-10-12-16-22(20)34-32(30,36)28(5,6)8-2/h7-16,23-24,33-34,39-40H,1-2,17-18H2,3-6H3/t23-,24-,29-,30+,31+,32-/m0/s1. The molecule has 2 aromatic rings. The molecule has 2 aromatic carbocycles. The van der Waals surface area contributed by atoms with Gasteiger partial charge in [-0.15, -0.1) is 13.2 Å². The Bertz CT molecular complexity index is 1420. The van der Waals surface area contributed by atoms with Crippen molar-refractivity contribution in [2.75, 3.05) is 10.6 Å². The number of carbonyl (C=O) groups excluding carboxylic acids is 2. The van der Waals surface area contributed by atoms with E-state index in [9.17, 15) is 19.8 Å². The highest BCUT2D eigenvalue weighted by molar-refractivity contribution is 6.02. The van der Waals surface area contributed by atoms with E-state index in [0.29, 0.717) is 11.1 Å². The third-order valence-electron chi connectivity index (χ3n) is 10.8. The van der Waals surface area contributed by atoms with Gasteiger partial charge in [0, 0.05) is 46.2 Å². The molecule has 0 bridgehead atoms. The summed E-state index contributed by atoms with van der Waals surface area (Å²) in [6.07, 6.45) is 3.50. The molecule has 0 aromatic heterocycles. The van der Waals surface area contributed by atoms with E-state index in [0.717, 1.165) is 11.4 Å². The lowest BCUT2D eigenvalue weighted by Gasteiger charge is -2.57. The molecular weight excluding hydrogens is 504 g/mol. The Morgan fingerprint density at radius 1 is 0.750 bits per heavy atom. The van der Waals surface area contributed by atoms with E-state index in [1.165, 1.54) is 0 Å². The molecule has 2 amide bonds. The van der Waals surface area contributed by atoms with E-state index in [-0.39, 0.29) is 24.7 Å². The first-order valence-corrected chi connectivity index (χ1v) is 13.9. The van der Waals surface area contributed by atoms with Crippen LogP contribution in [-0.4, -0.2) is 55.2 Å². The molecular formula is C32H36N4O4. The van der Waals surface area contributed by atoms with Gasteiger partial charge < -0.3 is 30.6 Å². The second-order valence-electron chi connectivity index (χ2n) is 13.2. The van der Waals surface area contributed by atoms with Crippen LogP contribution in [0.2, 0.25) is 0 Å². The van der Waals surface area contributed by atoms with E-state index in [1.807, 2.05) is 76.2 Å². The first-order chi connectivity index (χ1) is 18.8. The number of fused-ring (bicyclic) bond motifs is 10. The number of hydrogen-bond donors (Lipinski definition) is 4. The van der Waals surface area contributed by atoms with Crippen LogP contribution in [0.5, 0.6) is 0 Å². The van der Waals surface area contributed by atoms with Crippen LogP contribution < -0.4 is 10.6 Å². The topological polar surface area (TPSA) is 105 Å². The SMILES string of the molecule is C=CC(C)(C)[C@@]12Nc3ccccc3[C@]1(O)C[C@H]1C(=O)N3[C@@H](C[C@]4(O)c5ccccc5N[C@]34C(C)(C)C=C)C(=O)N12. The number of rotatable bonds is 4. The van der Waals surface area contributed by atoms with E-state index >= 15 is 0 Å². The minimum Gasteiger partial charge on any atom is -0.380 e. The number of nitrogens with one attached hydrogen (secondary N) is 2. The van der Waals surface area contributed by atoms with Gasteiger partial charge in [-0.25, -0.2) is 0 Å². The maximum Gasteiger partial charge on any atom is 0.248 e. The third kappa shape index (κ3) is 2.32. The second kappa shape index (κ2) is 7.17. The molecule has 0 spiro atoms. The molecule has 0 aliphatic carbocycles. The van der Waals surface area contributed by atoms with Crippen molar-refractivity contribution in [2.45, 2.75) is 75.1 Å². The number of piperazine rings is 1. The predicted octanol–water partition coefficient (Wildman–Crippen LogP) is 3.65. The summed E-state index contributed by atoms with van der Waals surface area (Å²) in [7, 11) is 0. The van der Waals surface area contributed by atoms with Gasteiger partial charge in [0.05, 0.1) is 0 Å². The Kier molecular flexibility index (Phi) is 4.54. The number of hydrogen-bond acceptors (Lipinski definition) is 6. The molecule has 3 saturated heterocycles. The zero-order valence-corrected chi connectivity index (χ0v) is 23.4. The van der Waals surface area contributed by atoms with Gasteiger partial charge in [-0.3, -0.25) is 9.59 Å². The molecule has 0 unspecified atom stereocenters. The largest absolute Gasteiger partial charge is 0.380 e. The quantitative estimate of drug-likeness (QED) is 0.442. The van der Waals surface area contributed by atoms with Gasteiger partial charge in [-0.05, 0) is 12.1 Å². The van der Waals surface area contributed by atoms with E-state index in [1.54, 1.807) is 22.0 Å². The van der Waals surface area contributed by atoms with Crippen molar-refractivity contribution in [1.82, 2.24) is 9.80 Å². The highest BCUT2D eigenvalue weighted by Crippen LogP contribution is 2.68. The van der Waals surface area contributed by atoms with E-state index in [4.69, 9.17) is 0 Å². The minimum absolute atomic E-state index is 0.0120. The lowest BCUT2D eigenvalue weighted by Crippen LogP contribution is -2.77. The highest BCUT2D eigenvalue weighted by atomic mass is 16.3. The van der Waals surface area contributed by atoms with E-state index in [2.05, 4.69) is 23.8 Å². The Hall–Kier alpha value is -3.62. The molecule has 208 valence electrons. The zero-order valence-electron chi connectivity index (χ0n) is 23.4. The fraction of sp³-hybridized carbons (Fsp3) is 0.438. The highest BCUT2D eigenvalue weighted by Gasteiger charge is 2.81. The monoisotopic (exact) mass is 540 g/mol. The van der Waals surface area contributed by atoms with Crippen molar-refractivity contribution in [2.24, 2.45) is 10.8 Å². The Labute approximate surface area is 234 Å². The van der Waals surface area contributed by atoms with Crippen LogP contribution in [0.3, 0.4) is 0 Å². The summed E-state index contributed by atoms with van der Waals surface area (Å²) in [5, 5.41) is 32.3. The van der Waals surface area contributed by atoms with Crippen molar-refractivity contribution in [1.29, 1.82) is 0 Å². The number of benzene rings is 2. The van der Waals surface area contributed by atoms with Crippen LogP contribution in [0.15, 0.2) is 73.8 Å². The maximum atomic E-state index is 14.9. The van der Waals surface area contributed by atoms with Gasteiger partial charge in [-0.1, -0.05) is 76.2 Å². The summed E-state index contributed by atoms with van der Waals surface area (Å²) in [6, 6.07) is 13.0. The number of amides is 2. The maximum absolute atomic E-state index is 14.9. The molecule has 0 saturated carbocycles. The van der Waals surface area contributed by atoms with Gasteiger partial charge in [0.1, 0.15) is 23.3 Å². The van der Waals surface area contributed by atoms with Crippen LogP contribution in [-0.2, 0) is 20.8 Å².